The number of carbonyl (C=O) groups excluding carboxylic acids is 1. The van der Waals surface area contributed by atoms with Crippen molar-refractivity contribution in [2.75, 3.05) is 38.3 Å². The van der Waals surface area contributed by atoms with E-state index >= 15 is 0 Å². The molecule has 3 aliphatic rings. The molecule has 3 heterocycles. The van der Waals surface area contributed by atoms with Crippen molar-refractivity contribution in [3.05, 3.63) is 53.8 Å². The molecule has 0 saturated carbocycles. The summed E-state index contributed by atoms with van der Waals surface area (Å²) < 4.78 is 18.9. The van der Waals surface area contributed by atoms with E-state index in [4.69, 9.17) is 4.74 Å². The minimum Gasteiger partial charge on any atom is -0.394 e. The maximum Gasteiger partial charge on any atom is 0.226 e. The number of likely N-dealkylation sites (N-methyl/N-ethyl adjacent to an activating group) is 1. The predicted molar refractivity (Wildman–Crippen MR) is 117 cm³/mol. The lowest BCUT2D eigenvalue weighted by molar-refractivity contribution is -0.140. The summed E-state index contributed by atoms with van der Waals surface area (Å²) in [6.45, 7) is 2.07. The van der Waals surface area contributed by atoms with E-state index in [1.165, 1.54) is 12.1 Å². The molecule has 5 rings (SSSR count). The Balaban J connectivity index is 1.55. The number of rotatable bonds is 3. The number of amides is 1. The molecule has 1 amide bonds. The molecule has 0 spiro atoms. The summed E-state index contributed by atoms with van der Waals surface area (Å²) in [4.78, 5) is 17.7. The third-order valence-corrected chi connectivity index (χ3v) is 7.38. The van der Waals surface area contributed by atoms with Crippen molar-refractivity contribution in [2.24, 2.45) is 11.8 Å². The fraction of sp³-hybridized carbons (Fsp3) is 0.480. The highest BCUT2D eigenvalue weighted by Crippen LogP contribution is 2.50. The van der Waals surface area contributed by atoms with Crippen molar-refractivity contribution in [3.63, 3.8) is 0 Å². The molecule has 0 unspecified atom stereocenters. The van der Waals surface area contributed by atoms with Gasteiger partial charge in [-0.25, -0.2) is 4.39 Å². The van der Waals surface area contributed by atoms with Crippen LogP contribution in [0.1, 0.15) is 30.9 Å². The number of anilines is 1. The van der Waals surface area contributed by atoms with Crippen molar-refractivity contribution < 1.29 is 19.0 Å². The highest BCUT2D eigenvalue weighted by atomic mass is 19.1. The van der Waals surface area contributed by atoms with Gasteiger partial charge in [-0.3, -0.25) is 4.79 Å². The Morgan fingerprint density at radius 2 is 1.81 bits per heavy atom. The second-order valence-electron chi connectivity index (χ2n) is 8.96. The molecular weight excluding hydrogens is 395 g/mol. The van der Waals surface area contributed by atoms with Crippen LogP contribution in [0.3, 0.4) is 0 Å². The van der Waals surface area contributed by atoms with Gasteiger partial charge in [0, 0.05) is 44.3 Å². The largest absolute Gasteiger partial charge is 0.394 e. The highest BCUT2D eigenvalue weighted by Gasteiger charge is 2.48. The Morgan fingerprint density at radius 1 is 1.10 bits per heavy atom. The summed E-state index contributed by atoms with van der Waals surface area (Å²) in [6.07, 6.45) is 2.44. The zero-order valence-corrected chi connectivity index (χ0v) is 17.8. The molecule has 2 aromatic rings. The highest BCUT2D eigenvalue weighted by molar-refractivity contribution is 5.81. The van der Waals surface area contributed by atoms with Crippen molar-refractivity contribution in [3.8, 4) is 11.1 Å². The Morgan fingerprint density at radius 3 is 2.52 bits per heavy atom. The smallest absolute Gasteiger partial charge is 0.226 e. The summed E-state index contributed by atoms with van der Waals surface area (Å²) in [5, 5.41) is 10.2. The first-order valence-electron chi connectivity index (χ1n) is 11.2. The molecule has 2 aromatic carbocycles. The van der Waals surface area contributed by atoms with E-state index in [9.17, 15) is 14.3 Å². The number of hydrogen-bond donors (Lipinski definition) is 1. The van der Waals surface area contributed by atoms with Gasteiger partial charge < -0.3 is 19.6 Å². The zero-order chi connectivity index (χ0) is 21.5. The quantitative estimate of drug-likeness (QED) is 0.818. The first-order chi connectivity index (χ1) is 15.1. The summed E-state index contributed by atoms with van der Waals surface area (Å²) in [5.74, 6) is 0.171. The molecule has 6 heteroatoms. The molecule has 5 nitrogen and oxygen atoms in total. The second kappa shape index (κ2) is 8.24. The molecule has 2 saturated heterocycles. The lowest BCUT2D eigenvalue weighted by Crippen LogP contribution is -2.49. The van der Waals surface area contributed by atoms with Gasteiger partial charge in [0.25, 0.3) is 0 Å². The molecule has 0 aliphatic carbocycles. The predicted octanol–water partition coefficient (Wildman–Crippen LogP) is 3.62. The number of benzene rings is 2. The third-order valence-electron chi connectivity index (χ3n) is 7.38. The van der Waals surface area contributed by atoms with Crippen LogP contribution < -0.4 is 4.90 Å². The van der Waals surface area contributed by atoms with E-state index in [1.807, 2.05) is 13.1 Å². The lowest BCUT2D eigenvalue weighted by Gasteiger charge is -2.45. The van der Waals surface area contributed by atoms with Gasteiger partial charge in [-0.1, -0.05) is 18.2 Å². The number of fused-ring (bicyclic) bond motifs is 3. The molecule has 2 fully saturated rings. The van der Waals surface area contributed by atoms with E-state index in [1.54, 1.807) is 12.1 Å². The molecule has 1 N–H and O–H groups in total. The molecular formula is C25H29FN2O3. The normalized spacial score (nSPS) is 26.0. The van der Waals surface area contributed by atoms with Crippen molar-refractivity contribution in [1.82, 2.24) is 4.90 Å². The van der Waals surface area contributed by atoms with Gasteiger partial charge in [0.05, 0.1) is 18.7 Å². The monoisotopic (exact) mass is 424 g/mol. The van der Waals surface area contributed by atoms with Gasteiger partial charge in [-0.2, -0.15) is 0 Å². The van der Waals surface area contributed by atoms with Gasteiger partial charge in [-0.05, 0) is 60.2 Å². The molecule has 31 heavy (non-hydrogen) atoms. The van der Waals surface area contributed by atoms with Gasteiger partial charge >= 0.3 is 0 Å². The fourth-order valence-corrected chi connectivity index (χ4v) is 5.70. The van der Waals surface area contributed by atoms with Gasteiger partial charge in [0.15, 0.2) is 0 Å². The van der Waals surface area contributed by atoms with Crippen LogP contribution in [0, 0.1) is 17.7 Å². The van der Waals surface area contributed by atoms with Crippen LogP contribution in [0.4, 0.5) is 10.1 Å². The van der Waals surface area contributed by atoms with Gasteiger partial charge in [0.2, 0.25) is 5.91 Å². The maximum absolute atomic E-state index is 13.5. The van der Waals surface area contributed by atoms with Gasteiger partial charge in [-0.15, -0.1) is 0 Å². The second-order valence-corrected chi connectivity index (χ2v) is 8.96. The van der Waals surface area contributed by atoms with Crippen LogP contribution in [0.15, 0.2) is 42.5 Å². The van der Waals surface area contributed by atoms with Crippen molar-refractivity contribution in [1.29, 1.82) is 0 Å². The summed E-state index contributed by atoms with van der Waals surface area (Å²) in [5.41, 5.74) is 4.14. The minimum atomic E-state index is -0.253. The lowest BCUT2D eigenvalue weighted by atomic mass is 9.80. The van der Waals surface area contributed by atoms with Crippen molar-refractivity contribution in [2.45, 2.75) is 31.3 Å². The average molecular weight is 425 g/mol. The number of aliphatic hydroxyl groups excluding tert-OH is 1. The van der Waals surface area contributed by atoms with E-state index in [0.29, 0.717) is 13.2 Å². The Bertz CT molecular complexity index is 958. The summed E-state index contributed by atoms with van der Waals surface area (Å²) in [7, 11) is 2.02. The molecule has 0 radical (unpaired) electrons. The third kappa shape index (κ3) is 3.52. The Hall–Kier alpha value is -2.44. The number of halogens is 1. The molecule has 3 aliphatic heterocycles. The first kappa shape index (κ1) is 20.5. The Labute approximate surface area is 182 Å². The summed E-state index contributed by atoms with van der Waals surface area (Å²) in [6, 6.07) is 12.7. The van der Waals surface area contributed by atoms with Crippen LogP contribution in [0.2, 0.25) is 0 Å². The van der Waals surface area contributed by atoms with Crippen LogP contribution in [-0.2, 0) is 9.53 Å². The number of likely N-dealkylation sites (tertiary alicyclic amines) is 1. The van der Waals surface area contributed by atoms with Crippen molar-refractivity contribution >= 4 is 11.6 Å². The number of ether oxygens (including phenoxy) is 1. The maximum atomic E-state index is 13.5. The SMILES string of the molecule is CN1c2ccc(-c3ccc(F)cc3)cc2[C@@H]2[C@@H](CCN2C(=O)C2CCOCC2)[C@H]1CO. The van der Waals surface area contributed by atoms with Crippen LogP contribution in [-0.4, -0.2) is 55.4 Å². The first-order valence-corrected chi connectivity index (χ1v) is 11.2. The van der Waals surface area contributed by atoms with Gasteiger partial charge in [0.1, 0.15) is 5.82 Å². The van der Waals surface area contributed by atoms with E-state index in [-0.39, 0.29) is 42.3 Å². The molecule has 164 valence electrons. The zero-order valence-electron chi connectivity index (χ0n) is 17.8. The van der Waals surface area contributed by atoms with E-state index < -0.39 is 0 Å². The van der Waals surface area contributed by atoms with Crippen LogP contribution >= 0.6 is 0 Å². The number of nitrogens with zero attached hydrogens (tertiary/aromatic N) is 2. The van der Waals surface area contributed by atoms with Crippen LogP contribution in [0.5, 0.6) is 0 Å². The van der Waals surface area contributed by atoms with E-state index in [0.717, 1.165) is 48.2 Å². The topological polar surface area (TPSA) is 53.0 Å². The fourth-order valence-electron chi connectivity index (χ4n) is 5.70. The summed E-state index contributed by atoms with van der Waals surface area (Å²) >= 11 is 0. The standard InChI is InChI=1S/C25H29FN2O3/c1-27-22-7-4-18(16-2-5-19(26)6-3-16)14-21(22)24-20(23(27)15-29)8-11-28(24)25(30)17-9-12-31-13-10-17/h2-7,14,17,20,23-24,29H,8-13,15H2,1H3/t20-,23+,24-/m0/s1. The minimum absolute atomic E-state index is 0.0124. The Kier molecular flexibility index (Phi) is 5.44. The number of aliphatic hydroxyl groups is 1. The van der Waals surface area contributed by atoms with Crippen LogP contribution in [0.25, 0.3) is 11.1 Å². The number of carbonyl (C=O) groups is 1. The molecule has 0 bridgehead atoms. The molecule has 3 atom stereocenters. The van der Waals surface area contributed by atoms with E-state index in [2.05, 4.69) is 21.9 Å². The molecule has 0 aromatic heterocycles. The average Bonchev–Trinajstić information content (AvgIpc) is 3.25. The number of hydrogen-bond acceptors (Lipinski definition) is 4.